The maximum atomic E-state index is 11.9. The monoisotopic (exact) mass is 394 g/mol. The molecule has 152 valence electrons. The maximum Gasteiger partial charge on any atom is 0.239 e. The van der Waals surface area contributed by atoms with E-state index < -0.39 is 11.9 Å². The molecule has 2 atom stereocenters. The van der Waals surface area contributed by atoms with Crippen molar-refractivity contribution < 1.29 is 14.3 Å². The summed E-state index contributed by atoms with van der Waals surface area (Å²) in [5.74, 6) is 1.10. The van der Waals surface area contributed by atoms with Gasteiger partial charge in [0.25, 0.3) is 0 Å². The predicted octanol–water partition coefficient (Wildman–Crippen LogP) is 3.29. The van der Waals surface area contributed by atoms with Gasteiger partial charge in [-0.05, 0) is 44.4 Å². The van der Waals surface area contributed by atoms with E-state index >= 15 is 0 Å². The normalized spacial score (nSPS) is 17.2. The van der Waals surface area contributed by atoms with Crippen LogP contribution in [0.5, 0.6) is 5.75 Å². The molecule has 0 saturated carbocycles. The number of primary amides is 1. The number of nitrogens with two attached hydrogens (primary N) is 1. The number of aryl methyl sites for hydroxylation is 1. The Morgan fingerprint density at radius 1 is 1.24 bits per heavy atom. The summed E-state index contributed by atoms with van der Waals surface area (Å²) in [7, 11) is 0. The third-order valence-electron chi connectivity index (χ3n) is 4.85. The number of benzene rings is 1. The number of anilines is 1. The minimum Gasteiger partial charge on any atom is -0.490 e. The molecule has 7 nitrogen and oxygen atoms in total. The van der Waals surface area contributed by atoms with Gasteiger partial charge in [0.1, 0.15) is 29.4 Å². The number of nitrogens with zero attached hydrogens (tertiary/aromatic N) is 2. The van der Waals surface area contributed by atoms with Crippen LogP contribution in [0.25, 0.3) is 5.57 Å². The highest BCUT2D eigenvalue weighted by Crippen LogP contribution is 2.28. The molecule has 0 spiro atoms. The van der Waals surface area contributed by atoms with E-state index in [0.29, 0.717) is 17.3 Å². The van der Waals surface area contributed by atoms with E-state index in [1.165, 1.54) is 18.6 Å². The van der Waals surface area contributed by atoms with Gasteiger partial charge in [-0.3, -0.25) is 9.59 Å². The van der Waals surface area contributed by atoms with E-state index in [0.717, 1.165) is 30.6 Å². The van der Waals surface area contributed by atoms with E-state index in [1.807, 2.05) is 31.2 Å². The molecule has 0 bridgehead atoms. The summed E-state index contributed by atoms with van der Waals surface area (Å²) >= 11 is 0. The number of allylic oxidation sites excluding steroid dienone is 1. The number of Topliss-reactive ketones (excluding diaryl/α,β-unsaturated/α-hetero) is 1. The standard InChI is InChI=1S/C22H26N4O3/c1-13-4-8-17(9-5-13)29-18-10-6-16(7-11-18)22-25-19(15(3)27)12-20(26-22)24-14(2)21(23)28/h4-6,8-9,12,14,18H,7,10-11H2,1-3H3,(H2,23,28)(H,24,25,26)/t14-,18?/m0/s1. The lowest BCUT2D eigenvalue weighted by Crippen LogP contribution is -2.33. The Morgan fingerprint density at radius 3 is 2.55 bits per heavy atom. The van der Waals surface area contributed by atoms with Crippen molar-refractivity contribution in [3.8, 4) is 5.75 Å². The first kappa shape index (κ1) is 20.5. The van der Waals surface area contributed by atoms with Crippen molar-refractivity contribution >= 4 is 23.1 Å². The number of hydrogen-bond donors (Lipinski definition) is 2. The molecule has 0 fully saturated rings. The summed E-state index contributed by atoms with van der Waals surface area (Å²) in [5, 5.41) is 2.93. The Hall–Kier alpha value is -3.22. The lowest BCUT2D eigenvalue weighted by molar-refractivity contribution is -0.118. The molecule has 3 N–H and O–H groups in total. The quantitative estimate of drug-likeness (QED) is 0.698. The van der Waals surface area contributed by atoms with E-state index in [-0.39, 0.29) is 11.9 Å². The molecular formula is C22H26N4O3. The number of carbonyl (C=O) groups is 2. The average Bonchev–Trinajstić information content (AvgIpc) is 2.70. The first-order valence-corrected chi connectivity index (χ1v) is 9.70. The van der Waals surface area contributed by atoms with Gasteiger partial charge in [0, 0.05) is 19.4 Å². The average molecular weight is 394 g/mol. The van der Waals surface area contributed by atoms with Crippen molar-refractivity contribution in [2.24, 2.45) is 5.73 Å². The Labute approximate surface area is 170 Å². The van der Waals surface area contributed by atoms with Gasteiger partial charge in [0.05, 0.1) is 0 Å². The van der Waals surface area contributed by atoms with Crippen LogP contribution in [-0.2, 0) is 4.79 Å². The summed E-state index contributed by atoms with van der Waals surface area (Å²) in [6, 6.07) is 8.95. The van der Waals surface area contributed by atoms with E-state index in [4.69, 9.17) is 10.5 Å². The molecular weight excluding hydrogens is 368 g/mol. The molecule has 2 aromatic rings. The van der Waals surface area contributed by atoms with Crippen molar-refractivity contribution in [3.63, 3.8) is 0 Å². The summed E-state index contributed by atoms with van der Waals surface area (Å²) in [6.07, 6.45) is 4.45. The van der Waals surface area contributed by atoms with E-state index in [2.05, 4.69) is 21.4 Å². The zero-order valence-electron chi connectivity index (χ0n) is 16.9. The third kappa shape index (κ3) is 5.40. The van der Waals surface area contributed by atoms with Gasteiger partial charge >= 0.3 is 0 Å². The minimum absolute atomic E-state index is 0.0879. The van der Waals surface area contributed by atoms with Crippen molar-refractivity contribution in [1.82, 2.24) is 9.97 Å². The second kappa shape index (κ2) is 8.86. The molecule has 1 heterocycles. The molecule has 1 aliphatic rings. The molecule has 1 unspecified atom stereocenters. The Morgan fingerprint density at radius 2 is 1.97 bits per heavy atom. The number of amides is 1. The van der Waals surface area contributed by atoms with Gasteiger partial charge in [-0.2, -0.15) is 0 Å². The molecule has 1 aliphatic carbocycles. The van der Waals surface area contributed by atoms with Crippen LogP contribution in [0.2, 0.25) is 0 Å². The van der Waals surface area contributed by atoms with Gasteiger partial charge < -0.3 is 15.8 Å². The van der Waals surface area contributed by atoms with Crippen LogP contribution in [0.4, 0.5) is 5.82 Å². The Bertz CT molecular complexity index is 938. The molecule has 1 amide bonds. The van der Waals surface area contributed by atoms with Crippen LogP contribution in [-0.4, -0.2) is 33.8 Å². The molecule has 7 heteroatoms. The number of rotatable bonds is 7. The van der Waals surface area contributed by atoms with Crippen molar-refractivity contribution in [2.45, 2.75) is 52.2 Å². The fourth-order valence-corrected chi connectivity index (χ4v) is 3.07. The first-order chi connectivity index (χ1) is 13.8. The smallest absolute Gasteiger partial charge is 0.239 e. The minimum atomic E-state index is -0.606. The topological polar surface area (TPSA) is 107 Å². The second-order valence-corrected chi connectivity index (χ2v) is 7.34. The SMILES string of the molecule is CC(=O)c1cc(N[C@@H](C)C(N)=O)nc(C2=CCC(Oc3ccc(C)cc3)CC2)n1. The predicted molar refractivity (Wildman–Crippen MR) is 112 cm³/mol. The largest absolute Gasteiger partial charge is 0.490 e. The third-order valence-corrected chi connectivity index (χ3v) is 4.85. The van der Waals surface area contributed by atoms with Crippen LogP contribution in [0.15, 0.2) is 36.4 Å². The van der Waals surface area contributed by atoms with Crippen molar-refractivity contribution in [1.29, 1.82) is 0 Å². The fraction of sp³-hybridized carbons (Fsp3) is 0.364. The molecule has 3 rings (SSSR count). The van der Waals surface area contributed by atoms with Crippen LogP contribution in [0.1, 0.15) is 55.0 Å². The summed E-state index contributed by atoms with van der Waals surface area (Å²) in [4.78, 5) is 32.1. The summed E-state index contributed by atoms with van der Waals surface area (Å²) < 4.78 is 6.06. The number of ether oxygens (including phenoxy) is 1. The highest BCUT2D eigenvalue weighted by atomic mass is 16.5. The molecule has 1 aromatic heterocycles. The summed E-state index contributed by atoms with van der Waals surface area (Å²) in [5.41, 5.74) is 7.77. The molecule has 29 heavy (non-hydrogen) atoms. The van der Waals surface area contributed by atoms with Gasteiger partial charge in [-0.1, -0.05) is 23.8 Å². The van der Waals surface area contributed by atoms with Gasteiger partial charge in [-0.25, -0.2) is 9.97 Å². The maximum absolute atomic E-state index is 11.9. The van der Waals surface area contributed by atoms with E-state index in [1.54, 1.807) is 6.92 Å². The zero-order chi connectivity index (χ0) is 21.0. The van der Waals surface area contributed by atoms with Gasteiger partial charge in [0.15, 0.2) is 11.6 Å². The van der Waals surface area contributed by atoms with Crippen molar-refractivity contribution in [2.75, 3.05) is 5.32 Å². The van der Waals surface area contributed by atoms with Crippen LogP contribution < -0.4 is 15.8 Å². The van der Waals surface area contributed by atoms with E-state index in [9.17, 15) is 9.59 Å². The molecule has 1 aromatic carbocycles. The zero-order valence-corrected chi connectivity index (χ0v) is 16.9. The Kier molecular flexibility index (Phi) is 6.26. The molecule has 0 aliphatic heterocycles. The number of hydrogen-bond acceptors (Lipinski definition) is 6. The highest BCUT2D eigenvalue weighted by Gasteiger charge is 2.20. The molecule has 0 saturated heterocycles. The molecule has 0 radical (unpaired) electrons. The first-order valence-electron chi connectivity index (χ1n) is 9.70. The second-order valence-electron chi connectivity index (χ2n) is 7.34. The number of aromatic nitrogens is 2. The van der Waals surface area contributed by atoms with Crippen molar-refractivity contribution in [3.05, 3.63) is 53.5 Å². The lowest BCUT2D eigenvalue weighted by Gasteiger charge is -2.23. The number of carbonyl (C=O) groups excluding carboxylic acids is 2. The lowest BCUT2D eigenvalue weighted by atomic mass is 9.96. The Balaban J connectivity index is 1.76. The van der Waals surface area contributed by atoms with Crippen LogP contribution in [0, 0.1) is 6.92 Å². The fourth-order valence-electron chi connectivity index (χ4n) is 3.07. The van der Waals surface area contributed by atoms with Gasteiger partial charge in [0.2, 0.25) is 5.91 Å². The van der Waals surface area contributed by atoms with Crippen LogP contribution >= 0.6 is 0 Å². The van der Waals surface area contributed by atoms with Gasteiger partial charge in [-0.15, -0.1) is 0 Å². The number of nitrogens with one attached hydrogen (secondary N) is 1. The van der Waals surface area contributed by atoms with Crippen LogP contribution in [0.3, 0.4) is 0 Å². The highest BCUT2D eigenvalue weighted by molar-refractivity contribution is 5.93. The summed E-state index contributed by atoms with van der Waals surface area (Å²) in [6.45, 7) is 5.14. The number of ketones is 1.